The number of hydrogen-bond donors (Lipinski definition) is 2. The zero-order chi connectivity index (χ0) is 14.0. The standard InChI is InChI=1S/C11H9FN2O4S/c1-19(17)11-13-8(9(14-11)10(15)18-16)6-2-4-7(12)5-3-6/h2-5,16H,1H3,(H,13,14). The molecule has 0 spiro atoms. The molecule has 1 atom stereocenters. The molecular formula is C11H9FN2O4S. The second-order valence-electron chi connectivity index (χ2n) is 3.61. The molecule has 0 radical (unpaired) electrons. The number of nitrogens with zero attached hydrogens (tertiary/aromatic N) is 1. The highest BCUT2D eigenvalue weighted by molar-refractivity contribution is 7.84. The van der Waals surface area contributed by atoms with E-state index in [9.17, 15) is 13.4 Å². The number of hydrogen-bond acceptors (Lipinski definition) is 5. The van der Waals surface area contributed by atoms with Gasteiger partial charge in [-0.1, -0.05) is 0 Å². The maximum atomic E-state index is 12.9. The van der Waals surface area contributed by atoms with E-state index in [1.165, 1.54) is 30.5 Å². The van der Waals surface area contributed by atoms with E-state index in [1.807, 2.05) is 0 Å². The third-order valence-corrected chi connectivity index (χ3v) is 3.10. The Hall–Kier alpha value is -2.06. The first kappa shape index (κ1) is 13.4. The number of benzene rings is 1. The van der Waals surface area contributed by atoms with E-state index in [2.05, 4.69) is 14.9 Å². The second kappa shape index (κ2) is 5.29. The molecule has 0 saturated carbocycles. The van der Waals surface area contributed by atoms with Crippen molar-refractivity contribution in [2.75, 3.05) is 6.26 Å². The fourth-order valence-electron chi connectivity index (χ4n) is 1.50. The van der Waals surface area contributed by atoms with Gasteiger partial charge in [0, 0.05) is 11.8 Å². The molecule has 2 aromatic rings. The average molecular weight is 284 g/mol. The van der Waals surface area contributed by atoms with Crippen LogP contribution in [0.2, 0.25) is 0 Å². The number of H-pyrrole nitrogens is 1. The Labute approximate surface area is 109 Å². The topological polar surface area (TPSA) is 92.3 Å². The summed E-state index contributed by atoms with van der Waals surface area (Å²) in [6.07, 6.45) is 1.38. The second-order valence-corrected chi connectivity index (χ2v) is 4.90. The van der Waals surface area contributed by atoms with Gasteiger partial charge in [-0.25, -0.2) is 14.2 Å². The summed E-state index contributed by atoms with van der Waals surface area (Å²) in [7, 11) is -1.45. The van der Waals surface area contributed by atoms with Crippen LogP contribution in [-0.2, 0) is 15.7 Å². The zero-order valence-electron chi connectivity index (χ0n) is 9.71. The molecule has 100 valence electrons. The highest BCUT2D eigenvalue weighted by Crippen LogP contribution is 2.23. The SMILES string of the molecule is CS(=O)c1nc(-c2ccc(F)cc2)c(C(=O)OO)[nH]1. The van der Waals surface area contributed by atoms with Crippen molar-refractivity contribution in [2.45, 2.75) is 5.16 Å². The molecular weight excluding hydrogens is 275 g/mol. The van der Waals surface area contributed by atoms with Gasteiger partial charge in [-0.15, -0.1) is 0 Å². The summed E-state index contributed by atoms with van der Waals surface area (Å²) in [6, 6.07) is 5.20. The lowest BCUT2D eigenvalue weighted by Crippen LogP contribution is -2.04. The minimum atomic E-state index is -1.45. The fraction of sp³-hybridized carbons (Fsp3) is 0.0909. The highest BCUT2D eigenvalue weighted by Gasteiger charge is 2.21. The van der Waals surface area contributed by atoms with Gasteiger partial charge >= 0.3 is 5.97 Å². The Kier molecular flexibility index (Phi) is 3.72. The van der Waals surface area contributed by atoms with Gasteiger partial charge in [-0.05, 0) is 24.3 Å². The molecule has 0 bridgehead atoms. The smallest absolute Gasteiger partial charge is 0.325 e. The number of imidazole rings is 1. The van der Waals surface area contributed by atoms with Crippen LogP contribution in [0, 0.1) is 5.82 Å². The number of halogens is 1. The minimum Gasteiger partial charge on any atom is -0.325 e. The van der Waals surface area contributed by atoms with Crippen molar-refractivity contribution in [1.82, 2.24) is 9.97 Å². The van der Waals surface area contributed by atoms with Crippen LogP contribution in [-0.4, -0.2) is 31.7 Å². The molecule has 1 heterocycles. The summed E-state index contributed by atoms with van der Waals surface area (Å²) in [5.74, 6) is -1.51. The van der Waals surface area contributed by atoms with E-state index in [0.717, 1.165) is 0 Å². The third kappa shape index (κ3) is 2.69. The van der Waals surface area contributed by atoms with Crippen LogP contribution >= 0.6 is 0 Å². The van der Waals surface area contributed by atoms with Crippen molar-refractivity contribution >= 4 is 16.8 Å². The van der Waals surface area contributed by atoms with Crippen LogP contribution in [0.4, 0.5) is 4.39 Å². The average Bonchev–Trinajstić information content (AvgIpc) is 2.84. The maximum Gasteiger partial charge on any atom is 0.391 e. The van der Waals surface area contributed by atoms with Gasteiger partial charge in [-0.3, -0.25) is 9.10 Å². The lowest BCUT2D eigenvalue weighted by Gasteiger charge is -1.99. The number of rotatable bonds is 3. The fourth-order valence-corrected chi connectivity index (χ4v) is 1.96. The predicted molar refractivity (Wildman–Crippen MR) is 64.4 cm³/mol. The van der Waals surface area contributed by atoms with Crippen LogP contribution < -0.4 is 0 Å². The van der Waals surface area contributed by atoms with Crippen molar-refractivity contribution in [3.8, 4) is 11.3 Å². The van der Waals surface area contributed by atoms with Crippen molar-refractivity contribution < 1.29 is 23.5 Å². The normalized spacial score (nSPS) is 12.2. The van der Waals surface area contributed by atoms with Crippen molar-refractivity contribution in [1.29, 1.82) is 0 Å². The summed E-state index contributed by atoms with van der Waals surface area (Å²) in [6.45, 7) is 0. The van der Waals surface area contributed by atoms with E-state index >= 15 is 0 Å². The van der Waals surface area contributed by atoms with Crippen molar-refractivity contribution in [3.63, 3.8) is 0 Å². The van der Waals surface area contributed by atoms with Crippen LogP contribution in [0.5, 0.6) is 0 Å². The first-order valence-electron chi connectivity index (χ1n) is 5.08. The molecule has 0 fully saturated rings. The van der Waals surface area contributed by atoms with E-state index in [1.54, 1.807) is 0 Å². The molecule has 0 amide bonds. The number of aromatic amines is 1. The third-order valence-electron chi connectivity index (χ3n) is 2.36. The van der Waals surface area contributed by atoms with E-state index in [-0.39, 0.29) is 16.5 Å². The lowest BCUT2D eigenvalue weighted by molar-refractivity contribution is -0.183. The first-order chi connectivity index (χ1) is 9.02. The van der Waals surface area contributed by atoms with E-state index in [0.29, 0.717) is 5.56 Å². The Morgan fingerprint density at radius 3 is 2.58 bits per heavy atom. The van der Waals surface area contributed by atoms with Crippen LogP contribution in [0.1, 0.15) is 10.5 Å². The molecule has 1 aromatic heterocycles. The van der Waals surface area contributed by atoms with Gasteiger partial charge in [0.05, 0.1) is 10.8 Å². The molecule has 2 rings (SSSR count). The van der Waals surface area contributed by atoms with E-state index < -0.39 is 22.6 Å². The zero-order valence-corrected chi connectivity index (χ0v) is 10.5. The molecule has 19 heavy (non-hydrogen) atoms. The van der Waals surface area contributed by atoms with Crippen LogP contribution in [0.15, 0.2) is 29.4 Å². The lowest BCUT2D eigenvalue weighted by atomic mass is 10.1. The largest absolute Gasteiger partial charge is 0.391 e. The summed E-state index contributed by atoms with van der Waals surface area (Å²) in [5.41, 5.74) is 0.401. The molecule has 8 heteroatoms. The number of nitrogens with one attached hydrogen (secondary N) is 1. The molecule has 6 nitrogen and oxygen atoms in total. The molecule has 1 aromatic carbocycles. The summed E-state index contributed by atoms with van der Waals surface area (Å²) < 4.78 is 24.2. The van der Waals surface area contributed by atoms with Crippen LogP contribution in [0.25, 0.3) is 11.3 Å². The number of carbonyl (C=O) groups is 1. The van der Waals surface area contributed by atoms with Gasteiger partial charge in [0.1, 0.15) is 11.5 Å². The Morgan fingerprint density at radius 1 is 1.42 bits per heavy atom. The van der Waals surface area contributed by atoms with Gasteiger partial charge in [-0.2, -0.15) is 5.26 Å². The molecule has 0 aliphatic carbocycles. The Balaban J connectivity index is 2.57. The minimum absolute atomic E-state index is 0.0553. The first-order valence-corrected chi connectivity index (χ1v) is 6.64. The summed E-state index contributed by atoms with van der Waals surface area (Å²) >= 11 is 0. The summed E-state index contributed by atoms with van der Waals surface area (Å²) in [5, 5.41) is 8.47. The molecule has 1 unspecified atom stereocenters. The molecule has 0 saturated heterocycles. The predicted octanol–water partition coefficient (Wildman–Crippen LogP) is 1.58. The Bertz CT molecular complexity index is 639. The van der Waals surface area contributed by atoms with Crippen molar-refractivity contribution in [3.05, 3.63) is 35.8 Å². The maximum absolute atomic E-state index is 12.9. The Morgan fingerprint density at radius 2 is 2.05 bits per heavy atom. The quantitative estimate of drug-likeness (QED) is 0.659. The monoisotopic (exact) mass is 284 g/mol. The van der Waals surface area contributed by atoms with Gasteiger partial charge < -0.3 is 4.98 Å². The van der Waals surface area contributed by atoms with E-state index in [4.69, 9.17) is 5.26 Å². The molecule has 2 N–H and O–H groups in total. The molecule has 0 aliphatic heterocycles. The van der Waals surface area contributed by atoms with Gasteiger partial charge in [0.15, 0.2) is 10.9 Å². The van der Waals surface area contributed by atoms with Crippen LogP contribution in [0.3, 0.4) is 0 Å². The summed E-state index contributed by atoms with van der Waals surface area (Å²) in [4.78, 5) is 21.5. The molecule has 0 aliphatic rings. The van der Waals surface area contributed by atoms with Gasteiger partial charge in [0.25, 0.3) is 0 Å². The highest BCUT2D eigenvalue weighted by atomic mass is 32.2. The van der Waals surface area contributed by atoms with Gasteiger partial charge in [0.2, 0.25) is 0 Å². The number of aromatic nitrogens is 2. The number of carbonyl (C=O) groups excluding carboxylic acids is 1. The van der Waals surface area contributed by atoms with Crippen molar-refractivity contribution in [2.24, 2.45) is 0 Å².